The van der Waals surface area contributed by atoms with Crippen LogP contribution in [0.1, 0.15) is 16.2 Å². The number of primary amides is 1. The van der Waals surface area contributed by atoms with Crippen molar-refractivity contribution in [3.63, 3.8) is 0 Å². The van der Waals surface area contributed by atoms with Crippen LogP contribution in [0.25, 0.3) is 21.3 Å². The summed E-state index contributed by atoms with van der Waals surface area (Å²) in [5.41, 5.74) is 7.46. The highest BCUT2D eigenvalue weighted by molar-refractivity contribution is 7.17. The Morgan fingerprint density at radius 2 is 1.90 bits per heavy atom. The zero-order valence-corrected chi connectivity index (χ0v) is 16.9. The lowest BCUT2D eigenvalue weighted by Gasteiger charge is -2.10. The highest BCUT2D eigenvalue weighted by atomic mass is 32.1. The van der Waals surface area contributed by atoms with Gasteiger partial charge in [-0.1, -0.05) is 36.4 Å². The number of nitrogens with one attached hydrogen (secondary N) is 1. The number of nitrogens with zero attached hydrogens (tertiary/aromatic N) is 2. The van der Waals surface area contributed by atoms with Crippen LogP contribution < -0.4 is 15.8 Å². The molecule has 0 saturated heterocycles. The number of rotatable bonds is 6. The summed E-state index contributed by atoms with van der Waals surface area (Å²) in [5.74, 6) is 0.442. The van der Waals surface area contributed by atoms with Crippen LogP contribution in [-0.4, -0.2) is 28.3 Å². The molecule has 2 amide bonds. The molecule has 2 heterocycles. The van der Waals surface area contributed by atoms with Gasteiger partial charge in [-0.2, -0.15) is 4.98 Å². The second-order valence-electron chi connectivity index (χ2n) is 6.55. The quantitative estimate of drug-likeness (QED) is 0.497. The van der Waals surface area contributed by atoms with Gasteiger partial charge in [-0.3, -0.25) is 9.59 Å². The second kappa shape index (κ2) is 8.30. The standard InChI is InChI=1S/C22H18N4O3S/c1-13-25-21(19-17(12-30-22(19)26-13)14-6-3-2-4-7-14)29-16-9-5-8-15(10-16)20(28)24-11-18(23)27/h2-10,12H,11H2,1H3,(H2,23,27)(H,24,28). The molecule has 0 bridgehead atoms. The van der Waals surface area contributed by atoms with Gasteiger partial charge >= 0.3 is 0 Å². The molecule has 4 aromatic rings. The summed E-state index contributed by atoms with van der Waals surface area (Å²) in [6.45, 7) is 1.58. The van der Waals surface area contributed by atoms with Gasteiger partial charge in [0.15, 0.2) is 0 Å². The van der Waals surface area contributed by atoms with Crippen LogP contribution in [0.15, 0.2) is 60.0 Å². The van der Waals surface area contributed by atoms with Crippen LogP contribution in [-0.2, 0) is 4.79 Å². The first kappa shape index (κ1) is 19.5. The maximum atomic E-state index is 12.2. The van der Waals surface area contributed by atoms with E-state index in [2.05, 4.69) is 15.3 Å². The van der Waals surface area contributed by atoms with Gasteiger partial charge in [0.1, 0.15) is 16.4 Å². The molecule has 0 unspecified atom stereocenters. The predicted octanol–water partition coefficient (Wildman–Crippen LogP) is 3.67. The van der Waals surface area contributed by atoms with E-state index in [4.69, 9.17) is 10.5 Å². The number of benzene rings is 2. The summed E-state index contributed by atoms with van der Waals surface area (Å²) in [5, 5.41) is 5.32. The van der Waals surface area contributed by atoms with Gasteiger partial charge in [-0.25, -0.2) is 4.98 Å². The van der Waals surface area contributed by atoms with Crippen LogP contribution in [0.5, 0.6) is 11.6 Å². The summed E-state index contributed by atoms with van der Waals surface area (Å²) >= 11 is 1.53. The summed E-state index contributed by atoms with van der Waals surface area (Å²) in [6.07, 6.45) is 0. The van der Waals surface area contributed by atoms with E-state index in [1.54, 1.807) is 24.3 Å². The molecule has 4 rings (SSSR count). The van der Waals surface area contributed by atoms with Crippen molar-refractivity contribution >= 4 is 33.4 Å². The Bertz CT molecular complexity index is 1240. The number of hydrogen-bond acceptors (Lipinski definition) is 6. The zero-order chi connectivity index (χ0) is 21.1. The van der Waals surface area contributed by atoms with Crippen molar-refractivity contribution in [1.29, 1.82) is 0 Å². The average Bonchev–Trinajstić information content (AvgIpc) is 3.17. The van der Waals surface area contributed by atoms with E-state index in [0.29, 0.717) is 23.0 Å². The molecule has 2 aromatic carbocycles. The lowest BCUT2D eigenvalue weighted by molar-refractivity contribution is -0.117. The number of hydrogen-bond donors (Lipinski definition) is 2. The zero-order valence-electron chi connectivity index (χ0n) is 16.1. The van der Waals surface area contributed by atoms with Crippen LogP contribution in [0.3, 0.4) is 0 Å². The Morgan fingerprint density at radius 3 is 2.67 bits per heavy atom. The number of amides is 2. The number of ether oxygens (including phenoxy) is 1. The van der Waals surface area contributed by atoms with E-state index in [1.165, 1.54) is 11.3 Å². The molecule has 8 heteroatoms. The largest absolute Gasteiger partial charge is 0.438 e. The topological polar surface area (TPSA) is 107 Å². The monoisotopic (exact) mass is 418 g/mol. The van der Waals surface area contributed by atoms with Crippen molar-refractivity contribution in [3.05, 3.63) is 71.4 Å². The molecule has 0 atom stereocenters. The van der Waals surface area contributed by atoms with Gasteiger partial charge < -0.3 is 15.8 Å². The molecular formula is C22H18N4O3S. The van der Waals surface area contributed by atoms with E-state index in [-0.39, 0.29) is 6.54 Å². The molecule has 0 radical (unpaired) electrons. The predicted molar refractivity (Wildman–Crippen MR) is 116 cm³/mol. The molecule has 0 aliphatic heterocycles. The minimum atomic E-state index is -0.611. The number of thiophene rings is 1. The third-order valence-electron chi connectivity index (χ3n) is 4.33. The molecule has 0 aliphatic rings. The molecule has 2 aromatic heterocycles. The van der Waals surface area contributed by atoms with Crippen molar-refractivity contribution in [1.82, 2.24) is 15.3 Å². The van der Waals surface area contributed by atoms with Crippen molar-refractivity contribution in [2.24, 2.45) is 5.73 Å². The fourth-order valence-electron chi connectivity index (χ4n) is 3.00. The van der Waals surface area contributed by atoms with E-state index in [0.717, 1.165) is 21.3 Å². The van der Waals surface area contributed by atoms with E-state index >= 15 is 0 Å². The third kappa shape index (κ3) is 4.13. The van der Waals surface area contributed by atoms with E-state index in [1.807, 2.05) is 42.6 Å². The summed E-state index contributed by atoms with van der Waals surface area (Å²) in [7, 11) is 0. The van der Waals surface area contributed by atoms with Gasteiger partial charge in [-0.15, -0.1) is 11.3 Å². The highest BCUT2D eigenvalue weighted by Gasteiger charge is 2.17. The van der Waals surface area contributed by atoms with Crippen molar-refractivity contribution < 1.29 is 14.3 Å². The van der Waals surface area contributed by atoms with Crippen molar-refractivity contribution in [2.75, 3.05) is 6.54 Å². The fraction of sp³-hybridized carbons (Fsp3) is 0.0909. The van der Waals surface area contributed by atoms with Crippen LogP contribution in [0.4, 0.5) is 0 Å². The smallest absolute Gasteiger partial charge is 0.251 e. The molecular weight excluding hydrogens is 400 g/mol. The Balaban J connectivity index is 1.71. The number of carbonyl (C=O) groups is 2. The Morgan fingerprint density at radius 1 is 1.10 bits per heavy atom. The molecule has 0 aliphatic carbocycles. The summed E-state index contributed by atoms with van der Waals surface area (Å²) in [6, 6.07) is 16.6. The lowest BCUT2D eigenvalue weighted by Crippen LogP contribution is -2.33. The Kier molecular flexibility index (Phi) is 5.40. The first-order valence-corrected chi connectivity index (χ1v) is 10.0. The Hall–Kier alpha value is -3.78. The van der Waals surface area contributed by atoms with Gasteiger partial charge in [0.25, 0.3) is 5.91 Å². The van der Waals surface area contributed by atoms with Gasteiger partial charge in [0.2, 0.25) is 11.8 Å². The molecule has 0 fully saturated rings. The number of aryl methyl sites for hydroxylation is 1. The normalized spacial score (nSPS) is 10.7. The van der Waals surface area contributed by atoms with Crippen LogP contribution in [0, 0.1) is 6.92 Å². The Labute approximate surface area is 176 Å². The van der Waals surface area contributed by atoms with Gasteiger partial charge in [0, 0.05) is 16.5 Å². The average molecular weight is 418 g/mol. The van der Waals surface area contributed by atoms with Crippen molar-refractivity contribution in [3.8, 4) is 22.8 Å². The number of nitrogens with two attached hydrogens (primary N) is 1. The SMILES string of the molecule is Cc1nc(Oc2cccc(C(=O)NCC(N)=O)c2)c2c(-c3ccccc3)csc2n1. The van der Waals surface area contributed by atoms with Crippen LogP contribution >= 0.6 is 11.3 Å². The first-order chi connectivity index (χ1) is 14.5. The maximum absolute atomic E-state index is 12.2. The number of fused-ring (bicyclic) bond motifs is 1. The van der Waals surface area contributed by atoms with Crippen LogP contribution in [0.2, 0.25) is 0 Å². The summed E-state index contributed by atoms with van der Waals surface area (Å²) < 4.78 is 6.09. The molecule has 0 spiro atoms. The lowest BCUT2D eigenvalue weighted by atomic mass is 10.1. The summed E-state index contributed by atoms with van der Waals surface area (Å²) in [4.78, 5) is 33.0. The minimum Gasteiger partial charge on any atom is -0.438 e. The molecule has 30 heavy (non-hydrogen) atoms. The fourth-order valence-corrected chi connectivity index (χ4v) is 3.98. The van der Waals surface area contributed by atoms with Crippen molar-refractivity contribution in [2.45, 2.75) is 6.92 Å². The first-order valence-electron chi connectivity index (χ1n) is 9.17. The number of carbonyl (C=O) groups excluding carboxylic acids is 2. The maximum Gasteiger partial charge on any atom is 0.251 e. The van der Waals surface area contributed by atoms with E-state index in [9.17, 15) is 9.59 Å². The third-order valence-corrected chi connectivity index (χ3v) is 5.20. The highest BCUT2D eigenvalue weighted by Crippen LogP contribution is 2.39. The molecule has 7 nitrogen and oxygen atoms in total. The number of aromatic nitrogens is 2. The van der Waals surface area contributed by atoms with E-state index < -0.39 is 11.8 Å². The molecule has 0 saturated carbocycles. The van der Waals surface area contributed by atoms with Gasteiger partial charge in [0.05, 0.1) is 11.9 Å². The van der Waals surface area contributed by atoms with Gasteiger partial charge in [-0.05, 0) is 30.7 Å². The minimum absolute atomic E-state index is 0.231. The molecule has 150 valence electrons. The second-order valence-corrected chi connectivity index (χ2v) is 7.41. The molecule has 3 N–H and O–H groups in total.